The van der Waals surface area contributed by atoms with Gasteiger partial charge < -0.3 is 10.4 Å². The molecule has 3 N–H and O–H groups in total. The molecule has 22 heavy (non-hydrogen) atoms. The lowest BCUT2D eigenvalue weighted by Gasteiger charge is -2.12. The molecule has 114 valence electrons. The number of hydrogen-bond donors (Lipinski definition) is 3. The van der Waals surface area contributed by atoms with E-state index >= 15 is 0 Å². The van der Waals surface area contributed by atoms with Crippen LogP contribution in [0.2, 0.25) is 5.02 Å². The number of anilines is 1. The van der Waals surface area contributed by atoms with Gasteiger partial charge in [0, 0.05) is 6.20 Å². The van der Waals surface area contributed by atoms with Crippen molar-refractivity contribution in [1.29, 1.82) is 5.26 Å². The molecule has 11 heteroatoms. The van der Waals surface area contributed by atoms with Crippen molar-refractivity contribution < 1.29 is 18.3 Å². The maximum absolute atomic E-state index is 12.6. The van der Waals surface area contributed by atoms with E-state index in [1.54, 1.807) is 6.07 Å². The number of phenolic OH excluding ortho intramolecular Hbond substituents is 1. The molecule has 0 aliphatic carbocycles. The second-order valence-electron chi connectivity index (χ2n) is 3.90. The van der Waals surface area contributed by atoms with Crippen molar-refractivity contribution in [3.63, 3.8) is 0 Å². The number of rotatable bonds is 3. The van der Waals surface area contributed by atoms with Crippen LogP contribution in [0.5, 0.6) is 5.75 Å². The molecule has 1 heterocycles. The van der Waals surface area contributed by atoms with Crippen molar-refractivity contribution in [3.8, 4) is 11.8 Å². The first-order valence-corrected chi connectivity index (χ1v) is 5.91. The molecular weight excluding hydrogens is 325 g/mol. The molecule has 0 unspecified atom stereocenters. The van der Waals surface area contributed by atoms with Crippen LogP contribution >= 0.6 is 11.6 Å². The van der Waals surface area contributed by atoms with Gasteiger partial charge in [-0.1, -0.05) is 11.6 Å². The van der Waals surface area contributed by atoms with Crippen LogP contribution in [0.15, 0.2) is 18.3 Å². The SMILES string of the molecule is N#CC(=CNc1c(O)cc(C(F)(F)F)cc1Cl)c1nn[nH]n1. The molecule has 0 fully saturated rings. The van der Waals surface area contributed by atoms with Crippen molar-refractivity contribution >= 4 is 22.9 Å². The number of aromatic amines is 1. The van der Waals surface area contributed by atoms with E-state index in [0.717, 1.165) is 6.20 Å². The van der Waals surface area contributed by atoms with Crippen LogP contribution in [-0.2, 0) is 6.18 Å². The van der Waals surface area contributed by atoms with E-state index in [1.165, 1.54) is 0 Å². The molecule has 0 atom stereocenters. The van der Waals surface area contributed by atoms with Gasteiger partial charge in [-0.05, 0) is 17.3 Å². The number of aromatic hydroxyl groups is 1. The van der Waals surface area contributed by atoms with Crippen LogP contribution in [0, 0.1) is 11.3 Å². The van der Waals surface area contributed by atoms with Gasteiger partial charge >= 0.3 is 6.18 Å². The first-order chi connectivity index (χ1) is 10.3. The van der Waals surface area contributed by atoms with Crippen molar-refractivity contribution in [2.24, 2.45) is 0 Å². The van der Waals surface area contributed by atoms with E-state index in [2.05, 4.69) is 25.9 Å². The Labute approximate surface area is 126 Å². The number of benzene rings is 1. The van der Waals surface area contributed by atoms with E-state index in [4.69, 9.17) is 16.9 Å². The van der Waals surface area contributed by atoms with Crippen LogP contribution in [0.3, 0.4) is 0 Å². The molecule has 1 aromatic heterocycles. The Bertz CT molecular complexity index is 727. The van der Waals surface area contributed by atoms with E-state index in [9.17, 15) is 18.3 Å². The maximum atomic E-state index is 12.6. The minimum Gasteiger partial charge on any atom is -0.506 e. The van der Waals surface area contributed by atoms with E-state index < -0.39 is 17.5 Å². The van der Waals surface area contributed by atoms with E-state index in [1.807, 2.05) is 0 Å². The average Bonchev–Trinajstić information content (AvgIpc) is 2.94. The van der Waals surface area contributed by atoms with Gasteiger partial charge in [0.05, 0.1) is 16.3 Å². The molecule has 2 aromatic rings. The van der Waals surface area contributed by atoms with Crippen LogP contribution < -0.4 is 5.32 Å². The molecule has 0 saturated heterocycles. The standard InChI is InChI=1S/C11H6ClF3N6O/c12-7-1-6(11(13,14)15)2-8(22)9(7)17-4-5(3-16)10-18-20-21-19-10/h1-2,4,17,22H,(H,18,19,20,21). The zero-order chi connectivity index (χ0) is 16.3. The first kappa shape index (κ1) is 15.6. The number of nitriles is 1. The minimum atomic E-state index is -4.64. The molecule has 7 nitrogen and oxygen atoms in total. The normalized spacial score (nSPS) is 12.0. The zero-order valence-corrected chi connectivity index (χ0v) is 11.2. The number of nitrogens with one attached hydrogen (secondary N) is 2. The largest absolute Gasteiger partial charge is 0.506 e. The smallest absolute Gasteiger partial charge is 0.416 e. The van der Waals surface area contributed by atoms with Gasteiger partial charge in [-0.15, -0.1) is 10.2 Å². The highest BCUT2D eigenvalue weighted by atomic mass is 35.5. The topological polar surface area (TPSA) is 111 Å². The number of H-pyrrole nitrogens is 1. The van der Waals surface area contributed by atoms with Gasteiger partial charge in [-0.25, -0.2) is 0 Å². The Balaban J connectivity index is 2.33. The summed E-state index contributed by atoms with van der Waals surface area (Å²) in [7, 11) is 0. The number of allylic oxidation sites excluding steroid dienone is 1. The third-order valence-electron chi connectivity index (χ3n) is 2.46. The molecule has 0 amide bonds. The minimum absolute atomic E-state index is 0.0301. The van der Waals surface area contributed by atoms with Crippen molar-refractivity contribution in [3.05, 3.63) is 34.7 Å². The van der Waals surface area contributed by atoms with Gasteiger partial charge in [-0.2, -0.15) is 23.6 Å². The number of tetrazole rings is 1. The summed E-state index contributed by atoms with van der Waals surface area (Å²) in [6, 6.07) is 2.93. The molecule has 0 aliphatic heterocycles. The fraction of sp³-hybridized carbons (Fsp3) is 0.0909. The monoisotopic (exact) mass is 330 g/mol. The summed E-state index contributed by atoms with van der Waals surface area (Å²) in [6.45, 7) is 0. The number of aromatic nitrogens is 4. The predicted molar refractivity (Wildman–Crippen MR) is 69.5 cm³/mol. The van der Waals surface area contributed by atoms with Crippen molar-refractivity contribution in [2.45, 2.75) is 6.18 Å². The second-order valence-corrected chi connectivity index (χ2v) is 4.31. The number of nitrogens with zero attached hydrogens (tertiary/aromatic N) is 4. The molecule has 0 radical (unpaired) electrons. The van der Waals surface area contributed by atoms with E-state index in [-0.39, 0.29) is 22.1 Å². The molecular formula is C11H6ClF3N6O. The molecule has 0 bridgehead atoms. The average molecular weight is 331 g/mol. The Kier molecular flexibility index (Phi) is 4.18. The Hall–Kier alpha value is -2.80. The highest BCUT2D eigenvalue weighted by molar-refractivity contribution is 6.33. The van der Waals surface area contributed by atoms with Crippen LogP contribution in [-0.4, -0.2) is 25.7 Å². The Morgan fingerprint density at radius 1 is 1.45 bits per heavy atom. The quantitative estimate of drug-likeness (QED) is 0.589. The summed E-state index contributed by atoms with van der Waals surface area (Å²) < 4.78 is 37.7. The third kappa shape index (κ3) is 3.26. The zero-order valence-electron chi connectivity index (χ0n) is 10.5. The molecule has 1 aromatic carbocycles. The predicted octanol–water partition coefficient (Wildman–Crippen LogP) is 2.55. The van der Waals surface area contributed by atoms with Gasteiger partial charge in [0.1, 0.15) is 17.4 Å². The Morgan fingerprint density at radius 3 is 2.68 bits per heavy atom. The number of hydrogen-bond acceptors (Lipinski definition) is 6. The Morgan fingerprint density at radius 2 is 2.18 bits per heavy atom. The summed E-state index contributed by atoms with van der Waals surface area (Å²) >= 11 is 5.71. The highest BCUT2D eigenvalue weighted by Crippen LogP contribution is 2.39. The molecule has 0 spiro atoms. The molecule has 0 saturated carbocycles. The van der Waals surface area contributed by atoms with Gasteiger partial charge in [0.15, 0.2) is 0 Å². The van der Waals surface area contributed by atoms with Crippen molar-refractivity contribution in [2.75, 3.05) is 5.32 Å². The number of halogens is 4. The summed E-state index contributed by atoms with van der Waals surface area (Å²) in [5, 5.41) is 33.2. The van der Waals surface area contributed by atoms with Gasteiger partial charge in [0.2, 0.25) is 5.82 Å². The number of phenols is 1. The second kappa shape index (κ2) is 5.90. The van der Waals surface area contributed by atoms with Crippen molar-refractivity contribution in [1.82, 2.24) is 20.6 Å². The fourth-order valence-corrected chi connectivity index (χ4v) is 1.73. The van der Waals surface area contributed by atoms with E-state index in [0.29, 0.717) is 12.1 Å². The fourth-order valence-electron chi connectivity index (χ4n) is 1.47. The lowest BCUT2D eigenvalue weighted by Crippen LogP contribution is -2.05. The summed E-state index contributed by atoms with van der Waals surface area (Å²) in [5.74, 6) is -0.751. The third-order valence-corrected chi connectivity index (χ3v) is 2.76. The summed E-state index contributed by atoms with van der Waals surface area (Å²) in [6.07, 6.45) is -3.56. The first-order valence-electron chi connectivity index (χ1n) is 5.53. The molecule has 2 rings (SSSR count). The highest BCUT2D eigenvalue weighted by Gasteiger charge is 2.32. The number of alkyl halides is 3. The lowest BCUT2D eigenvalue weighted by molar-refractivity contribution is -0.137. The van der Waals surface area contributed by atoms with Gasteiger partial charge in [-0.3, -0.25) is 0 Å². The maximum Gasteiger partial charge on any atom is 0.416 e. The van der Waals surface area contributed by atoms with Gasteiger partial charge in [0.25, 0.3) is 0 Å². The van der Waals surface area contributed by atoms with Crippen LogP contribution in [0.1, 0.15) is 11.4 Å². The van der Waals surface area contributed by atoms with Crippen LogP contribution in [0.25, 0.3) is 5.57 Å². The summed E-state index contributed by atoms with van der Waals surface area (Å²) in [4.78, 5) is 0. The van der Waals surface area contributed by atoms with Crippen LogP contribution in [0.4, 0.5) is 18.9 Å². The lowest BCUT2D eigenvalue weighted by atomic mass is 10.1. The molecule has 0 aliphatic rings. The summed E-state index contributed by atoms with van der Waals surface area (Å²) in [5.41, 5.74) is -1.35.